The van der Waals surface area contributed by atoms with Gasteiger partial charge in [-0.1, -0.05) is 5.16 Å². The molecule has 27 heavy (non-hydrogen) atoms. The Kier molecular flexibility index (Phi) is 3.85. The topological polar surface area (TPSA) is 68.5 Å². The zero-order valence-electron chi connectivity index (χ0n) is 15.7. The van der Waals surface area contributed by atoms with Crippen LogP contribution in [-0.2, 0) is 16.6 Å². The minimum absolute atomic E-state index is 0.0303. The van der Waals surface area contributed by atoms with E-state index >= 15 is 0 Å². The quantitative estimate of drug-likeness (QED) is 0.788. The molecule has 1 aromatic rings. The van der Waals surface area contributed by atoms with Crippen LogP contribution in [0.4, 0.5) is 18.0 Å². The smallest absolute Gasteiger partial charge is 0.410 e. The lowest BCUT2D eigenvalue weighted by Gasteiger charge is -2.58. The van der Waals surface area contributed by atoms with Gasteiger partial charge in [0.2, 0.25) is 5.89 Å². The first-order valence-electron chi connectivity index (χ1n) is 9.29. The largest absolute Gasteiger partial charge is 0.444 e. The highest BCUT2D eigenvalue weighted by Crippen LogP contribution is 2.58. The Hall–Kier alpha value is -1.80. The van der Waals surface area contributed by atoms with Crippen LogP contribution in [0, 0.1) is 11.3 Å². The lowest BCUT2D eigenvalue weighted by Crippen LogP contribution is -2.64. The van der Waals surface area contributed by atoms with Gasteiger partial charge in [0.1, 0.15) is 11.0 Å². The number of halogens is 3. The van der Waals surface area contributed by atoms with Gasteiger partial charge < -0.3 is 14.2 Å². The van der Waals surface area contributed by atoms with Crippen molar-refractivity contribution in [3.8, 4) is 0 Å². The summed E-state index contributed by atoms with van der Waals surface area (Å²) in [5.74, 6) is 0.364. The Morgan fingerprint density at radius 3 is 2.41 bits per heavy atom. The maximum atomic E-state index is 13.1. The fourth-order valence-electron chi connectivity index (χ4n) is 4.32. The number of nitrogens with zero attached hydrogens (tertiary/aromatic N) is 3. The number of carbonyl (C=O) groups excluding carboxylic acids is 1. The molecule has 1 amide bonds. The molecular formula is C18H24F3N3O3. The molecule has 1 aromatic heterocycles. The molecule has 2 saturated carbocycles. The molecule has 1 aliphatic heterocycles. The zero-order valence-corrected chi connectivity index (χ0v) is 15.7. The SMILES string of the molecule is CC(C)(C)OC(=O)N1CC2(CC(Cc3nc(C4(C(F)(F)F)CC4)no3)C2)C1. The van der Waals surface area contributed by atoms with Crippen LogP contribution < -0.4 is 0 Å². The highest BCUT2D eigenvalue weighted by Gasteiger charge is 2.67. The van der Waals surface area contributed by atoms with Crippen LogP contribution in [0.25, 0.3) is 0 Å². The molecule has 3 fully saturated rings. The third-order valence-electron chi connectivity index (χ3n) is 5.80. The predicted octanol–water partition coefficient (Wildman–Crippen LogP) is 3.85. The second kappa shape index (κ2) is 5.61. The summed E-state index contributed by atoms with van der Waals surface area (Å²) in [6.07, 6.45) is -2.24. The molecule has 150 valence electrons. The van der Waals surface area contributed by atoms with Gasteiger partial charge in [-0.05, 0) is 52.4 Å². The van der Waals surface area contributed by atoms with Crippen molar-refractivity contribution in [2.45, 2.75) is 70.1 Å². The van der Waals surface area contributed by atoms with Gasteiger partial charge in [-0.3, -0.25) is 0 Å². The van der Waals surface area contributed by atoms with Gasteiger partial charge in [0.05, 0.1) is 0 Å². The number of hydrogen-bond donors (Lipinski definition) is 0. The maximum Gasteiger partial charge on any atom is 0.410 e. The van der Waals surface area contributed by atoms with E-state index in [2.05, 4.69) is 10.1 Å². The van der Waals surface area contributed by atoms with Crippen molar-refractivity contribution in [2.75, 3.05) is 13.1 Å². The second-order valence-electron chi connectivity index (χ2n) is 9.41. The van der Waals surface area contributed by atoms with Gasteiger partial charge in [0, 0.05) is 24.9 Å². The van der Waals surface area contributed by atoms with Crippen molar-refractivity contribution < 1.29 is 27.2 Å². The standard InChI is InChI=1S/C18H24F3N3O3/c1-15(2,3)26-14(25)24-9-16(10-24)7-11(8-16)6-12-22-13(23-27-12)17(4-5-17)18(19,20)21/h11H,4-10H2,1-3H3. The minimum atomic E-state index is -4.33. The highest BCUT2D eigenvalue weighted by molar-refractivity contribution is 5.69. The number of likely N-dealkylation sites (tertiary alicyclic amines) is 1. The molecule has 0 bridgehead atoms. The number of ether oxygens (including phenoxy) is 1. The van der Waals surface area contributed by atoms with Crippen LogP contribution in [0.15, 0.2) is 4.52 Å². The van der Waals surface area contributed by atoms with Gasteiger partial charge >= 0.3 is 12.3 Å². The number of carbonyl (C=O) groups is 1. The first kappa shape index (κ1) is 18.6. The maximum absolute atomic E-state index is 13.1. The molecular weight excluding hydrogens is 363 g/mol. The van der Waals surface area contributed by atoms with Crippen molar-refractivity contribution in [1.82, 2.24) is 15.0 Å². The van der Waals surface area contributed by atoms with E-state index in [-0.39, 0.29) is 36.1 Å². The first-order chi connectivity index (χ1) is 12.4. The van der Waals surface area contributed by atoms with Crippen LogP contribution in [-0.4, -0.2) is 46.0 Å². The molecule has 3 aliphatic rings. The molecule has 6 nitrogen and oxygen atoms in total. The summed E-state index contributed by atoms with van der Waals surface area (Å²) in [5, 5.41) is 3.59. The monoisotopic (exact) mass is 387 g/mol. The molecule has 1 spiro atoms. The van der Waals surface area contributed by atoms with E-state index in [4.69, 9.17) is 9.26 Å². The third-order valence-corrected chi connectivity index (χ3v) is 5.80. The van der Waals surface area contributed by atoms with Gasteiger partial charge in [-0.15, -0.1) is 0 Å². The normalized spacial score (nSPS) is 23.7. The van der Waals surface area contributed by atoms with Gasteiger partial charge in [0.15, 0.2) is 5.82 Å². The van der Waals surface area contributed by atoms with Crippen LogP contribution in [0.5, 0.6) is 0 Å². The molecule has 2 aliphatic carbocycles. The molecule has 4 rings (SSSR count). The lowest BCUT2D eigenvalue weighted by atomic mass is 9.57. The fourth-order valence-corrected chi connectivity index (χ4v) is 4.32. The van der Waals surface area contributed by atoms with Crippen molar-refractivity contribution in [3.63, 3.8) is 0 Å². The Morgan fingerprint density at radius 2 is 1.89 bits per heavy atom. The van der Waals surface area contributed by atoms with Crippen molar-refractivity contribution in [1.29, 1.82) is 0 Å². The van der Waals surface area contributed by atoms with Crippen LogP contribution >= 0.6 is 0 Å². The molecule has 0 atom stereocenters. The van der Waals surface area contributed by atoms with E-state index in [0.29, 0.717) is 25.4 Å². The van der Waals surface area contributed by atoms with E-state index in [1.54, 1.807) is 4.90 Å². The molecule has 2 heterocycles. The third kappa shape index (κ3) is 3.29. The Bertz CT molecular complexity index is 735. The number of hydrogen-bond acceptors (Lipinski definition) is 5. The van der Waals surface area contributed by atoms with Crippen molar-refractivity contribution in [3.05, 3.63) is 11.7 Å². The summed E-state index contributed by atoms with van der Waals surface area (Å²) in [5.41, 5.74) is -2.28. The number of alkyl halides is 3. The second-order valence-corrected chi connectivity index (χ2v) is 9.41. The fraction of sp³-hybridized carbons (Fsp3) is 0.833. The van der Waals surface area contributed by atoms with E-state index in [0.717, 1.165) is 12.8 Å². The first-order valence-corrected chi connectivity index (χ1v) is 9.29. The Labute approximate surface area is 155 Å². The Morgan fingerprint density at radius 1 is 1.26 bits per heavy atom. The van der Waals surface area contributed by atoms with E-state index in [9.17, 15) is 18.0 Å². The molecule has 0 aromatic carbocycles. The summed E-state index contributed by atoms with van der Waals surface area (Å²) in [6.45, 7) is 6.85. The van der Waals surface area contributed by atoms with E-state index < -0.39 is 17.2 Å². The number of aromatic nitrogens is 2. The molecule has 0 radical (unpaired) electrons. The summed E-state index contributed by atoms with van der Waals surface area (Å²) in [4.78, 5) is 17.7. The summed E-state index contributed by atoms with van der Waals surface area (Å²) >= 11 is 0. The molecule has 0 unspecified atom stereocenters. The van der Waals surface area contributed by atoms with E-state index in [1.807, 2.05) is 20.8 Å². The summed E-state index contributed by atoms with van der Waals surface area (Å²) in [6, 6.07) is 0. The average Bonchev–Trinajstić information content (AvgIpc) is 3.12. The molecule has 1 saturated heterocycles. The summed E-state index contributed by atoms with van der Waals surface area (Å²) in [7, 11) is 0. The molecule has 9 heteroatoms. The highest BCUT2D eigenvalue weighted by atomic mass is 19.4. The minimum Gasteiger partial charge on any atom is -0.444 e. The predicted molar refractivity (Wildman–Crippen MR) is 87.9 cm³/mol. The number of amides is 1. The van der Waals surface area contributed by atoms with Crippen molar-refractivity contribution >= 4 is 6.09 Å². The van der Waals surface area contributed by atoms with Gasteiger partial charge in [-0.2, -0.15) is 18.2 Å². The lowest BCUT2D eigenvalue weighted by molar-refractivity contribution is -0.162. The van der Waals surface area contributed by atoms with Crippen molar-refractivity contribution in [2.24, 2.45) is 11.3 Å². The average molecular weight is 387 g/mol. The van der Waals surface area contributed by atoms with Crippen LogP contribution in [0.3, 0.4) is 0 Å². The number of rotatable bonds is 3. The van der Waals surface area contributed by atoms with Gasteiger partial charge in [0.25, 0.3) is 0 Å². The zero-order chi connectivity index (χ0) is 19.7. The Balaban J connectivity index is 1.26. The van der Waals surface area contributed by atoms with E-state index in [1.165, 1.54) is 0 Å². The van der Waals surface area contributed by atoms with Crippen LogP contribution in [0.2, 0.25) is 0 Å². The molecule has 0 N–H and O–H groups in total. The van der Waals surface area contributed by atoms with Crippen LogP contribution in [0.1, 0.15) is 58.2 Å². The van der Waals surface area contributed by atoms with Gasteiger partial charge in [-0.25, -0.2) is 4.79 Å². The summed E-state index contributed by atoms with van der Waals surface area (Å²) < 4.78 is 49.8.